The predicted octanol–water partition coefficient (Wildman–Crippen LogP) is 5.69. The first-order valence-electron chi connectivity index (χ1n) is 10.1. The topological polar surface area (TPSA) is 52.7 Å². The Hall–Kier alpha value is -2.61. The van der Waals surface area contributed by atoms with Gasteiger partial charge in [0.2, 0.25) is 0 Å². The largest absolute Gasteiger partial charge is 0.434 e. The summed E-state index contributed by atoms with van der Waals surface area (Å²) >= 11 is 6.00. The van der Waals surface area contributed by atoms with Gasteiger partial charge in [0.15, 0.2) is 11.5 Å². The van der Waals surface area contributed by atoms with Crippen LogP contribution < -0.4 is 0 Å². The van der Waals surface area contributed by atoms with Crippen LogP contribution in [-0.4, -0.2) is 25.1 Å². The van der Waals surface area contributed by atoms with Crippen molar-refractivity contribution in [3.8, 4) is 5.69 Å². The number of aryl methyl sites for hydroxylation is 1. The number of carbonyl (C=O) groups excluding carboxylic acids is 1. The molecule has 0 spiro atoms. The third kappa shape index (κ3) is 4.26. The number of imidazole rings is 1. The van der Waals surface area contributed by atoms with E-state index < -0.39 is 17.9 Å². The van der Waals surface area contributed by atoms with Gasteiger partial charge in [-0.3, -0.25) is 4.79 Å². The van der Waals surface area contributed by atoms with E-state index in [-0.39, 0.29) is 18.0 Å². The molecule has 1 atom stereocenters. The molecule has 1 aliphatic rings. The SMILES string of the molecule is Cc1nc(C(F)(F)F)cn1[C@@H](C)C(=O)Cc1cnn(-c2ccc(Cl)cc2)c1C1CCC1. The number of hydrogen-bond acceptors (Lipinski definition) is 3. The van der Waals surface area contributed by atoms with E-state index in [2.05, 4.69) is 10.1 Å². The minimum atomic E-state index is -4.55. The molecule has 0 radical (unpaired) electrons. The number of Topliss-reactive ketones (excluding diaryl/α,β-unsaturated/α-hetero) is 1. The van der Waals surface area contributed by atoms with E-state index in [9.17, 15) is 18.0 Å². The van der Waals surface area contributed by atoms with Crippen LogP contribution in [0.15, 0.2) is 36.7 Å². The lowest BCUT2D eigenvalue weighted by atomic mass is 9.80. The van der Waals surface area contributed by atoms with E-state index in [4.69, 9.17) is 11.6 Å². The van der Waals surface area contributed by atoms with E-state index in [1.807, 2.05) is 16.8 Å². The Morgan fingerprint density at radius 2 is 1.94 bits per heavy atom. The number of ketones is 1. The molecule has 0 bridgehead atoms. The molecule has 0 amide bonds. The molecule has 0 saturated heterocycles. The number of hydrogen-bond donors (Lipinski definition) is 0. The molecule has 1 fully saturated rings. The van der Waals surface area contributed by atoms with Gasteiger partial charge in [0.05, 0.1) is 23.6 Å². The normalized spacial score (nSPS) is 15.7. The standard InChI is InChI=1S/C22H22ClF3N4O/c1-13(29-12-20(22(24,25)26)28-14(29)2)19(31)10-16-11-27-30(21(16)15-4-3-5-15)18-8-6-17(23)7-9-18/h6-9,11-13,15H,3-5,10H2,1-2H3/t13-/m0/s1. The van der Waals surface area contributed by atoms with Crippen molar-refractivity contribution in [2.75, 3.05) is 0 Å². The number of nitrogens with zero attached hydrogens (tertiary/aromatic N) is 4. The van der Waals surface area contributed by atoms with Gasteiger partial charge in [0.1, 0.15) is 5.82 Å². The Morgan fingerprint density at radius 1 is 1.26 bits per heavy atom. The molecule has 0 N–H and O–H groups in total. The van der Waals surface area contributed by atoms with Crippen LogP contribution in [-0.2, 0) is 17.4 Å². The molecule has 2 aromatic heterocycles. The van der Waals surface area contributed by atoms with Crippen LogP contribution in [0.4, 0.5) is 13.2 Å². The maximum atomic E-state index is 13.0. The van der Waals surface area contributed by atoms with Crippen molar-refractivity contribution < 1.29 is 18.0 Å². The van der Waals surface area contributed by atoms with Crippen LogP contribution in [0.1, 0.15) is 60.9 Å². The second-order valence-corrected chi connectivity index (χ2v) is 8.40. The molecule has 1 aromatic carbocycles. The number of benzene rings is 1. The quantitative estimate of drug-likeness (QED) is 0.484. The lowest BCUT2D eigenvalue weighted by molar-refractivity contribution is -0.141. The number of carbonyl (C=O) groups is 1. The fraction of sp³-hybridized carbons (Fsp3) is 0.409. The van der Waals surface area contributed by atoms with Crippen LogP contribution >= 0.6 is 11.6 Å². The average Bonchev–Trinajstić information content (AvgIpc) is 3.25. The van der Waals surface area contributed by atoms with Crippen molar-refractivity contribution in [2.24, 2.45) is 0 Å². The summed E-state index contributed by atoms with van der Waals surface area (Å²) < 4.78 is 42.1. The van der Waals surface area contributed by atoms with Crippen molar-refractivity contribution in [1.29, 1.82) is 0 Å². The van der Waals surface area contributed by atoms with E-state index in [0.717, 1.165) is 42.4 Å². The maximum absolute atomic E-state index is 13.0. The molecule has 0 unspecified atom stereocenters. The second kappa shape index (κ2) is 8.15. The summed E-state index contributed by atoms with van der Waals surface area (Å²) in [7, 11) is 0. The molecule has 3 aromatic rings. The van der Waals surface area contributed by atoms with Crippen LogP contribution in [0.5, 0.6) is 0 Å². The number of halogens is 4. The summed E-state index contributed by atoms with van der Waals surface area (Å²) in [5.41, 5.74) is 1.67. The Morgan fingerprint density at radius 3 is 2.48 bits per heavy atom. The van der Waals surface area contributed by atoms with E-state index in [1.165, 1.54) is 11.5 Å². The summed E-state index contributed by atoms with van der Waals surface area (Å²) in [5.74, 6) is 0.276. The molecule has 0 aliphatic heterocycles. The molecular formula is C22H22ClF3N4O. The lowest BCUT2D eigenvalue weighted by Gasteiger charge is -2.27. The summed E-state index contributed by atoms with van der Waals surface area (Å²) in [5, 5.41) is 5.14. The highest BCUT2D eigenvalue weighted by molar-refractivity contribution is 6.30. The first kappa shape index (κ1) is 21.6. The van der Waals surface area contributed by atoms with Crippen molar-refractivity contribution in [1.82, 2.24) is 19.3 Å². The molecule has 9 heteroatoms. The molecule has 31 heavy (non-hydrogen) atoms. The van der Waals surface area contributed by atoms with Crippen molar-refractivity contribution in [3.05, 3.63) is 64.5 Å². The summed E-state index contributed by atoms with van der Waals surface area (Å²) in [6.45, 7) is 3.07. The molecule has 5 nitrogen and oxygen atoms in total. The molecule has 1 saturated carbocycles. The fourth-order valence-corrected chi connectivity index (χ4v) is 4.06. The number of alkyl halides is 3. The van der Waals surface area contributed by atoms with Gasteiger partial charge in [-0.15, -0.1) is 0 Å². The van der Waals surface area contributed by atoms with E-state index in [0.29, 0.717) is 10.9 Å². The first-order chi connectivity index (χ1) is 14.6. The van der Waals surface area contributed by atoms with Gasteiger partial charge in [0, 0.05) is 29.1 Å². The van der Waals surface area contributed by atoms with Crippen LogP contribution in [0, 0.1) is 6.92 Å². The van der Waals surface area contributed by atoms with Crippen LogP contribution in [0.25, 0.3) is 5.69 Å². The van der Waals surface area contributed by atoms with Gasteiger partial charge < -0.3 is 4.57 Å². The predicted molar refractivity (Wildman–Crippen MR) is 111 cm³/mol. The van der Waals surface area contributed by atoms with Crippen molar-refractivity contribution >= 4 is 17.4 Å². The molecule has 2 heterocycles. The molecule has 1 aliphatic carbocycles. The third-order valence-electron chi connectivity index (χ3n) is 5.90. The zero-order valence-electron chi connectivity index (χ0n) is 17.2. The first-order valence-corrected chi connectivity index (χ1v) is 10.5. The molecular weight excluding hydrogens is 429 g/mol. The molecule has 164 valence electrons. The Bertz CT molecular complexity index is 1100. The Labute approximate surface area is 182 Å². The summed E-state index contributed by atoms with van der Waals surface area (Å²) in [6.07, 6.45) is 1.30. The third-order valence-corrected chi connectivity index (χ3v) is 6.16. The Kier molecular flexibility index (Phi) is 5.68. The van der Waals surface area contributed by atoms with Crippen molar-refractivity contribution in [3.63, 3.8) is 0 Å². The highest BCUT2D eigenvalue weighted by atomic mass is 35.5. The minimum Gasteiger partial charge on any atom is -0.324 e. The van der Waals surface area contributed by atoms with E-state index >= 15 is 0 Å². The highest BCUT2D eigenvalue weighted by Crippen LogP contribution is 2.39. The maximum Gasteiger partial charge on any atom is 0.434 e. The van der Waals surface area contributed by atoms with Gasteiger partial charge in [-0.05, 0) is 51.0 Å². The fourth-order valence-electron chi connectivity index (χ4n) is 3.94. The zero-order valence-corrected chi connectivity index (χ0v) is 17.9. The average molecular weight is 451 g/mol. The smallest absolute Gasteiger partial charge is 0.324 e. The Balaban J connectivity index is 1.61. The van der Waals surface area contributed by atoms with Gasteiger partial charge in [-0.1, -0.05) is 18.0 Å². The number of rotatable bonds is 6. The van der Waals surface area contributed by atoms with Gasteiger partial charge >= 0.3 is 6.18 Å². The molecule has 4 rings (SSSR count). The van der Waals surface area contributed by atoms with Crippen LogP contribution in [0.2, 0.25) is 5.02 Å². The zero-order chi connectivity index (χ0) is 22.3. The van der Waals surface area contributed by atoms with Gasteiger partial charge in [-0.25, -0.2) is 9.67 Å². The van der Waals surface area contributed by atoms with Crippen LogP contribution in [0.3, 0.4) is 0 Å². The number of aromatic nitrogens is 4. The summed E-state index contributed by atoms with van der Waals surface area (Å²) in [4.78, 5) is 16.6. The summed E-state index contributed by atoms with van der Waals surface area (Å²) in [6, 6.07) is 6.56. The minimum absolute atomic E-state index is 0.0968. The van der Waals surface area contributed by atoms with Gasteiger partial charge in [-0.2, -0.15) is 18.3 Å². The van der Waals surface area contributed by atoms with Crippen molar-refractivity contribution in [2.45, 2.75) is 57.7 Å². The van der Waals surface area contributed by atoms with Gasteiger partial charge in [0.25, 0.3) is 0 Å². The second-order valence-electron chi connectivity index (χ2n) is 7.97. The highest BCUT2D eigenvalue weighted by Gasteiger charge is 2.35. The monoisotopic (exact) mass is 450 g/mol. The van der Waals surface area contributed by atoms with E-state index in [1.54, 1.807) is 25.3 Å². The lowest BCUT2D eigenvalue weighted by Crippen LogP contribution is -2.21.